The van der Waals surface area contributed by atoms with Crippen LogP contribution in [0.25, 0.3) is 0 Å². The Morgan fingerprint density at radius 3 is 2.62 bits per heavy atom. The lowest BCUT2D eigenvalue weighted by molar-refractivity contribution is 0.579. The summed E-state index contributed by atoms with van der Waals surface area (Å²) in [4.78, 5) is 0. The van der Waals surface area contributed by atoms with E-state index < -0.39 is 0 Å². The number of hydrogen-bond donors (Lipinski definition) is 1. The normalized spacial score (nSPS) is 12.5. The molecule has 1 N–H and O–H groups in total. The molecule has 0 radical (unpaired) electrons. The van der Waals surface area contributed by atoms with E-state index in [1.807, 2.05) is 7.05 Å². The Kier molecular flexibility index (Phi) is 4.75. The summed E-state index contributed by atoms with van der Waals surface area (Å²) >= 11 is 0. The fourth-order valence-corrected chi connectivity index (χ4v) is 1.94. The first kappa shape index (κ1) is 13.0. The van der Waals surface area contributed by atoms with Crippen LogP contribution in [0.4, 0.5) is 0 Å². The minimum absolute atomic E-state index is 0.396. The monoisotopic (exact) mass is 217 g/mol. The zero-order valence-corrected chi connectivity index (χ0v) is 10.9. The standard InChI is InChI=1S/C15H23N/c1-6-11(2)10-15(16-5)14-9-12(3)7-8-13(14)4/h7-9,15-16H,2,6,10H2,1,3-5H3. The van der Waals surface area contributed by atoms with Gasteiger partial charge in [0.25, 0.3) is 0 Å². The van der Waals surface area contributed by atoms with Gasteiger partial charge in [-0.25, -0.2) is 0 Å². The van der Waals surface area contributed by atoms with Crippen molar-refractivity contribution >= 4 is 0 Å². The van der Waals surface area contributed by atoms with E-state index in [1.54, 1.807) is 0 Å². The first-order valence-electron chi connectivity index (χ1n) is 5.99. The first-order chi connectivity index (χ1) is 7.58. The third kappa shape index (κ3) is 3.21. The Labute approximate surface area is 99.6 Å². The highest BCUT2D eigenvalue weighted by Crippen LogP contribution is 2.25. The maximum atomic E-state index is 4.10. The molecule has 0 saturated carbocycles. The molecule has 0 aliphatic carbocycles. The van der Waals surface area contributed by atoms with Crippen LogP contribution >= 0.6 is 0 Å². The minimum atomic E-state index is 0.396. The van der Waals surface area contributed by atoms with Gasteiger partial charge in [0, 0.05) is 6.04 Å². The first-order valence-corrected chi connectivity index (χ1v) is 5.99. The van der Waals surface area contributed by atoms with Gasteiger partial charge in [-0.1, -0.05) is 42.8 Å². The molecule has 0 fully saturated rings. The SMILES string of the molecule is C=C(CC)CC(NC)c1cc(C)ccc1C. The van der Waals surface area contributed by atoms with Gasteiger partial charge in [-0.15, -0.1) is 0 Å². The Hall–Kier alpha value is -1.08. The number of aryl methyl sites for hydroxylation is 2. The van der Waals surface area contributed by atoms with Crippen LogP contribution in [0.15, 0.2) is 30.4 Å². The fourth-order valence-electron chi connectivity index (χ4n) is 1.94. The van der Waals surface area contributed by atoms with Gasteiger partial charge in [-0.3, -0.25) is 0 Å². The molecule has 0 aliphatic rings. The maximum Gasteiger partial charge on any atom is 0.0357 e. The van der Waals surface area contributed by atoms with Crippen molar-refractivity contribution in [2.45, 2.75) is 39.7 Å². The molecule has 0 spiro atoms. The van der Waals surface area contributed by atoms with Crippen LogP contribution in [-0.4, -0.2) is 7.05 Å². The van der Waals surface area contributed by atoms with Gasteiger partial charge in [-0.2, -0.15) is 0 Å². The van der Waals surface area contributed by atoms with Gasteiger partial charge in [0.05, 0.1) is 0 Å². The molecule has 1 aromatic rings. The molecule has 16 heavy (non-hydrogen) atoms. The van der Waals surface area contributed by atoms with Crippen LogP contribution in [0.5, 0.6) is 0 Å². The predicted octanol–water partition coefficient (Wildman–Crippen LogP) is 3.92. The van der Waals surface area contributed by atoms with Crippen molar-refractivity contribution in [1.29, 1.82) is 0 Å². The van der Waals surface area contributed by atoms with Crippen molar-refractivity contribution in [3.8, 4) is 0 Å². The minimum Gasteiger partial charge on any atom is -0.313 e. The van der Waals surface area contributed by atoms with E-state index in [2.05, 4.69) is 50.9 Å². The summed E-state index contributed by atoms with van der Waals surface area (Å²) in [6.45, 7) is 10.6. The molecule has 0 bridgehead atoms. The molecule has 0 amide bonds. The molecule has 88 valence electrons. The summed E-state index contributed by atoms with van der Waals surface area (Å²) in [5.41, 5.74) is 5.38. The molecule has 1 nitrogen and oxygen atoms in total. The van der Waals surface area contributed by atoms with E-state index in [0.29, 0.717) is 6.04 Å². The average Bonchev–Trinajstić information content (AvgIpc) is 2.29. The molecular formula is C15H23N. The van der Waals surface area contributed by atoms with E-state index in [0.717, 1.165) is 12.8 Å². The molecular weight excluding hydrogens is 194 g/mol. The Bertz CT molecular complexity index is 366. The second kappa shape index (κ2) is 5.86. The van der Waals surface area contributed by atoms with E-state index in [4.69, 9.17) is 0 Å². The van der Waals surface area contributed by atoms with Crippen LogP contribution < -0.4 is 5.32 Å². The van der Waals surface area contributed by atoms with Crippen molar-refractivity contribution in [3.05, 3.63) is 47.0 Å². The summed E-state index contributed by atoms with van der Waals surface area (Å²) in [5, 5.41) is 3.39. The lowest BCUT2D eigenvalue weighted by atomic mass is 9.94. The maximum absolute atomic E-state index is 4.10. The van der Waals surface area contributed by atoms with E-state index in [9.17, 15) is 0 Å². The summed E-state index contributed by atoms with van der Waals surface area (Å²) in [5.74, 6) is 0. The smallest absolute Gasteiger partial charge is 0.0357 e. The summed E-state index contributed by atoms with van der Waals surface area (Å²) in [7, 11) is 2.02. The van der Waals surface area contributed by atoms with Gasteiger partial charge in [0.2, 0.25) is 0 Å². The zero-order chi connectivity index (χ0) is 12.1. The predicted molar refractivity (Wildman–Crippen MR) is 71.8 cm³/mol. The van der Waals surface area contributed by atoms with Crippen molar-refractivity contribution < 1.29 is 0 Å². The Morgan fingerprint density at radius 1 is 1.38 bits per heavy atom. The lowest BCUT2D eigenvalue weighted by Gasteiger charge is -2.20. The number of hydrogen-bond acceptors (Lipinski definition) is 1. The third-order valence-electron chi connectivity index (χ3n) is 3.15. The fraction of sp³-hybridized carbons (Fsp3) is 0.467. The van der Waals surface area contributed by atoms with Gasteiger partial charge < -0.3 is 5.32 Å². The highest BCUT2D eigenvalue weighted by Gasteiger charge is 2.12. The lowest BCUT2D eigenvalue weighted by Crippen LogP contribution is -2.18. The van der Waals surface area contributed by atoms with Crippen molar-refractivity contribution in [1.82, 2.24) is 5.32 Å². The van der Waals surface area contributed by atoms with Gasteiger partial charge in [0.15, 0.2) is 0 Å². The summed E-state index contributed by atoms with van der Waals surface area (Å²) < 4.78 is 0. The highest BCUT2D eigenvalue weighted by molar-refractivity contribution is 5.33. The second-order valence-corrected chi connectivity index (χ2v) is 4.51. The molecule has 1 heteroatoms. The number of nitrogens with one attached hydrogen (secondary N) is 1. The molecule has 1 unspecified atom stereocenters. The van der Waals surface area contributed by atoms with E-state index >= 15 is 0 Å². The Morgan fingerprint density at radius 2 is 2.06 bits per heavy atom. The number of benzene rings is 1. The zero-order valence-electron chi connectivity index (χ0n) is 10.9. The van der Waals surface area contributed by atoms with Crippen molar-refractivity contribution in [2.75, 3.05) is 7.05 Å². The molecule has 1 aromatic carbocycles. The highest BCUT2D eigenvalue weighted by atomic mass is 14.9. The van der Waals surface area contributed by atoms with E-state index in [-0.39, 0.29) is 0 Å². The largest absolute Gasteiger partial charge is 0.313 e. The van der Waals surface area contributed by atoms with Gasteiger partial charge in [-0.05, 0) is 44.9 Å². The molecule has 1 atom stereocenters. The van der Waals surface area contributed by atoms with Crippen molar-refractivity contribution in [2.24, 2.45) is 0 Å². The number of rotatable bonds is 5. The van der Waals surface area contributed by atoms with Crippen LogP contribution in [0.1, 0.15) is 42.5 Å². The third-order valence-corrected chi connectivity index (χ3v) is 3.15. The van der Waals surface area contributed by atoms with Crippen LogP contribution in [0.2, 0.25) is 0 Å². The van der Waals surface area contributed by atoms with Crippen LogP contribution in [0, 0.1) is 13.8 Å². The average molecular weight is 217 g/mol. The molecule has 0 saturated heterocycles. The summed E-state index contributed by atoms with van der Waals surface area (Å²) in [6.07, 6.45) is 2.08. The molecule has 1 rings (SSSR count). The Balaban J connectivity index is 2.94. The topological polar surface area (TPSA) is 12.0 Å². The van der Waals surface area contributed by atoms with Crippen molar-refractivity contribution in [3.63, 3.8) is 0 Å². The van der Waals surface area contributed by atoms with Gasteiger partial charge >= 0.3 is 0 Å². The molecule has 0 aromatic heterocycles. The van der Waals surface area contributed by atoms with Crippen LogP contribution in [-0.2, 0) is 0 Å². The quantitative estimate of drug-likeness (QED) is 0.737. The summed E-state index contributed by atoms with van der Waals surface area (Å²) in [6, 6.07) is 7.04. The molecule has 0 aliphatic heterocycles. The van der Waals surface area contributed by atoms with E-state index in [1.165, 1.54) is 22.3 Å². The second-order valence-electron chi connectivity index (χ2n) is 4.51. The molecule has 0 heterocycles. The van der Waals surface area contributed by atoms with Gasteiger partial charge in [0.1, 0.15) is 0 Å². The van der Waals surface area contributed by atoms with Crippen LogP contribution in [0.3, 0.4) is 0 Å².